The maximum Gasteiger partial charge on any atom is 0.150 e. The van der Waals surface area contributed by atoms with Gasteiger partial charge in [0.15, 0.2) is 0 Å². The van der Waals surface area contributed by atoms with Gasteiger partial charge < -0.3 is 9.80 Å². The summed E-state index contributed by atoms with van der Waals surface area (Å²) in [7, 11) is 0. The minimum Gasteiger partial charge on any atom is -0.372 e. The van der Waals surface area contributed by atoms with Gasteiger partial charge in [-0.25, -0.2) is 9.99 Å². The third kappa shape index (κ3) is 10.3. The van der Waals surface area contributed by atoms with Gasteiger partial charge in [-0.15, -0.1) is 0 Å². The zero-order chi connectivity index (χ0) is 34.3. The third-order valence-electron chi connectivity index (χ3n) is 9.41. The zero-order valence-electron chi connectivity index (χ0n) is 30.4. The molecule has 0 amide bonds. The smallest absolute Gasteiger partial charge is 0.150 e. The van der Waals surface area contributed by atoms with Crippen molar-refractivity contribution in [2.45, 2.75) is 91.5 Å². The van der Waals surface area contributed by atoms with Crippen LogP contribution < -0.4 is 14.8 Å². The summed E-state index contributed by atoms with van der Waals surface area (Å²) < 4.78 is 0. The zero-order valence-corrected chi connectivity index (χ0v) is 30.4. The minimum absolute atomic E-state index is 0.0756. The number of hydrogen-bond donors (Lipinski definition) is 0. The van der Waals surface area contributed by atoms with Crippen LogP contribution in [-0.4, -0.2) is 42.9 Å². The predicted molar refractivity (Wildman–Crippen MR) is 215 cm³/mol. The van der Waals surface area contributed by atoms with E-state index in [1.807, 2.05) is 6.07 Å². The summed E-state index contributed by atoms with van der Waals surface area (Å²) in [5, 5.41) is 8.35. The lowest BCUT2D eigenvalue weighted by Crippen LogP contribution is -2.25. The Morgan fingerprint density at radius 1 is 0.612 bits per heavy atom. The van der Waals surface area contributed by atoms with Crippen molar-refractivity contribution in [1.82, 2.24) is 4.98 Å². The molecule has 5 heteroatoms. The van der Waals surface area contributed by atoms with Crippen molar-refractivity contribution >= 4 is 46.0 Å². The van der Waals surface area contributed by atoms with E-state index in [-0.39, 0.29) is 6.04 Å². The lowest BCUT2D eigenvalue weighted by Gasteiger charge is -2.25. The van der Waals surface area contributed by atoms with Crippen LogP contribution in [0, 0.1) is 0 Å². The highest BCUT2D eigenvalue weighted by Crippen LogP contribution is 2.28. The largest absolute Gasteiger partial charge is 0.372 e. The topological polar surface area (TPSA) is 35.0 Å². The van der Waals surface area contributed by atoms with E-state index < -0.39 is 0 Å². The van der Waals surface area contributed by atoms with Crippen LogP contribution in [0.15, 0.2) is 102 Å². The summed E-state index contributed by atoms with van der Waals surface area (Å²) in [5.74, 6) is 0.873. The summed E-state index contributed by atoms with van der Waals surface area (Å²) in [6.45, 7) is 13.6. The SMILES string of the molecule is CCCCN(CCCC)c1ccc(C=CC2=NN(c3ccc4ccccc4n3)C(C=Cc3ccc(N(CCCC)CCCC)cc3)C2)cc1. The Balaban J connectivity index is 1.33. The molecule has 0 aliphatic carbocycles. The molecular weight excluding hydrogens is 599 g/mol. The van der Waals surface area contributed by atoms with Crippen LogP contribution in [0.3, 0.4) is 0 Å². The van der Waals surface area contributed by atoms with E-state index in [1.54, 1.807) is 0 Å². The van der Waals surface area contributed by atoms with Gasteiger partial charge in [0.1, 0.15) is 5.82 Å². The summed E-state index contributed by atoms with van der Waals surface area (Å²) in [5.41, 5.74) is 7.08. The van der Waals surface area contributed by atoms with Crippen molar-refractivity contribution in [2.75, 3.05) is 41.0 Å². The first-order chi connectivity index (χ1) is 24.1. The molecule has 2 heterocycles. The van der Waals surface area contributed by atoms with Crippen LogP contribution in [0.2, 0.25) is 0 Å². The fraction of sp³-hybridized carbons (Fsp3) is 0.409. The Labute approximate surface area is 296 Å². The van der Waals surface area contributed by atoms with Gasteiger partial charge in [-0.3, -0.25) is 0 Å². The summed E-state index contributed by atoms with van der Waals surface area (Å²) in [4.78, 5) is 10.1. The molecule has 5 nitrogen and oxygen atoms in total. The number of anilines is 3. The molecule has 0 fully saturated rings. The van der Waals surface area contributed by atoms with E-state index >= 15 is 0 Å². The Kier molecular flexibility index (Phi) is 13.9. The first kappa shape index (κ1) is 35.9. The lowest BCUT2D eigenvalue weighted by atomic mass is 10.1. The van der Waals surface area contributed by atoms with Crippen LogP contribution in [0.4, 0.5) is 17.2 Å². The molecule has 1 atom stereocenters. The number of para-hydroxylation sites is 1. The van der Waals surface area contributed by atoms with Crippen LogP contribution in [0.5, 0.6) is 0 Å². The molecule has 1 aliphatic rings. The van der Waals surface area contributed by atoms with Gasteiger partial charge in [0.2, 0.25) is 0 Å². The molecule has 0 bridgehead atoms. The second-order valence-corrected chi connectivity index (χ2v) is 13.3. The van der Waals surface area contributed by atoms with E-state index in [4.69, 9.17) is 10.1 Å². The average molecular weight is 656 g/mol. The standard InChI is InChI=1S/C44H57N5/c1-5-9-31-47(32-10-6-2)40-25-18-36(19-26-40)17-24-39-35-42(49(46-39)44-30-23-38-15-13-14-16-43(38)45-44)29-22-37-20-27-41(28-21-37)48(33-11-7-3)34-12-8-4/h13-30,42H,5-12,31-35H2,1-4H3. The molecule has 0 radical (unpaired) electrons. The van der Waals surface area contributed by atoms with Crippen molar-refractivity contribution < 1.29 is 0 Å². The van der Waals surface area contributed by atoms with Crippen molar-refractivity contribution in [3.8, 4) is 0 Å². The molecule has 0 N–H and O–H groups in total. The number of fused-ring (bicyclic) bond motifs is 1. The Morgan fingerprint density at radius 2 is 1.14 bits per heavy atom. The molecule has 0 saturated carbocycles. The number of nitrogens with zero attached hydrogens (tertiary/aromatic N) is 5. The Bertz CT molecular complexity index is 1640. The van der Waals surface area contributed by atoms with E-state index in [0.29, 0.717) is 0 Å². The number of rotatable bonds is 19. The number of unbranched alkanes of at least 4 members (excludes halogenated alkanes) is 4. The van der Waals surface area contributed by atoms with Crippen molar-refractivity contribution in [1.29, 1.82) is 0 Å². The molecule has 258 valence electrons. The van der Waals surface area contributed by atoms with Crippen LogP contribution in [0.25, 0.3) is 23.1 Å². The van der Waals surface area contributed by atoms with Gasteiger partial charge in [0.25, 0.3) is 0 Å². The molecule has 1 aromatic heterocycles. The normalized spacial score (nSPS) is 14.7. The maximum atomic E-state index is 5.12. The number of benzene rings is 3. The molecule has 3 aromatic carbocycles. The fourth-order valence-corrected chi connectivity index (χ4v) is 6.35. The van der Waals surface area contributed by atoms with Gasteiger partial charge >= 0.3 is 0 Å². The Morgan fingerprint density at radius 3 is 1.69 bits per heavy atom. The van der Waals surface area contributed by atoms with Gasteiger partial charge in [0, 0.05) is 49.4 Å². The van der Waals surface area contributed by atoms with Crippen molar-refractivity contribution in [2.24, 2.45) is 5.10 Å². The number of aromatic nitrogens is 1. The van der Waals surface area contributed by atoms with Crippen molar-refractivity contribution in [3.05, 3.63) is 108 Å². The highest BCUT2D eigenvalue weighted by molar-refractivity contribution is 6.01. The van der Waals surface area contributed by atoms with Crippen LogP contribution in [0.1, 0.15) is 96.6 Å². The lowest BCUT2D eigenvalue weighted by molar-refractivity contribution is 0.678. The molecule has 49 heavy (non-hydrogen) atoms. The van der Waals surface area contributed by atoms with Crippen LogP contribution >= 0.6 is 0 Å². The molecule has 0 saturated heterocycles. The average Bonchev–Trinajstić information content (AvgIpc) is 3.56. The molecule has 1 unspecified atom stereocenters. The summed E-state index contributed by atoms with van der Waals surface area (Å²) in [6.07, 6.45) is 19.5. The second kappa shape index (κ2) is 19.0. The predicted octanol–water partition coefficient (Wildman–Crippen LogP) is 11.4. The Hall–Kier alpha value is -4.38. The van der Waals surface area contributed by atoms with E-state index in [1.165, 1.54) is 73.9 Å². The first-order valence-corrected chi connectivity index (χ1v) is 18.9. The van der Waals surface area contributed by atoms with Gasteiger partial charge in [-0.1, -0.05) is 114 Å². The quantitative estimate of drug-likeness (QED) is 0.101. The second-order valence-electron chi connectivity index (χ2n) is 13.3. The highest BCUT2D eigenvalue weighted by atomic mass is 15.5. The number of pyridine rings is 1. The third-order valence-corrected chi connectivity index (χ3v) is 9.41. The number of hydrogen-bond acceptors (Lipinski definition) is 5. The van der Waals surface area contributed by atoms with Gasteiger partial charge in [-0.05, 0) is 85.4 Å². The van der Waals surface area contributed by atoms with Gasteiger partial charge in [0.05, 0.1) is 17.3 Å². The van der Waals surface area contributed by atoms with E-state index in [2.05, 4.69) is 146 Å². The van der Waals surface area contributed by atoms with Gasteiger partial charge in [-0.2, -0.15) is 5.10 Å². The molecule has 4 aromatic rings. The number of allylic oxidation sites excluding steroid dienone is 1. The summed E-state index contributed by atoms with van der Waals surface area (Å²) in [6, 6.07) is 30.7. The monoisotopic (exact) mass is 655 g/mol. The van der Waals surface area contributed by atoms with E-state index in [0.717, 1.165) is 55.0 Å². The molecule has 1 aliphatic heterocycles. The van der Waals surface area contributed by atoms with Crippen LogP contribution in [-0.2, 0) is 0 Å². The number of hydrazone groups is 1. The molecular formula is C44H57N5. The molecule has 0 spiro atoms. The maximum absolute atomic E-state index is 5.12. The van der Waals surface area contributed by atoms with E-state index in [9.17, 15) is 0 Å². The first-order valence-electron chi connectivity index (χ1n) is 18.9. The molecule has 5 rings (SSSR count). The fourth-order valence-electron chi connectivity index (χ4n) is 6.35. The minimum atomic E-state index is 0.0756. The highest BCUT2D eigenvalue weighted by Gasteiger charge is 2.26. The summed E-state index contributed by atoms with van der Waals surface area (Å²) >= 11 is 0. The van der Waals surface area contributed by atoms with Crippen molar-refractivity contribution in [3.63, 3.8) is 0 Å².